The highest BCUT2D eigenvalue weighted by Crippen LogP contribution is 2.29. The lowest BCUT2D eigenvalue weighted by molar-refractivity contribution is 0.383. The summed E-state index contributed by atoms with van der Waals surface area (Å²) >= 11 is 1.52. The van der Waals surface area contributed by atoms with Gasteiger partial charge >= 0.3 is 0 Å². The van der Waals surface area contributed by atoms with Crippen LogP contribution in [0.4, 0.5) is 5.82 Å². The zero-order chi connectivity index (χ0) is 14.0. The van der Waals surface area contributed by atoms with E-state index in [-0.39, 0.29) is 0 Å². The van der Waals surface area contributed by atoms with Crippen LogP contribution in [0, 0.1) is 0 Å². The van der Waals surface area contributed by atoms with Gasteiger partial charge in [-0.05, 0) is 26.0 Å². The van der Waals surface area contributed by atoms with Gasteiger partial charge in [0.2, 0.25) is 0 Å². The SMILES string of the molecule is C=Cc1cc2c(N)nc(C(=CC)OC(=C)C)nc2s1. The molecule has 0 aliphatic carbocycles. The molecule has 0 spiro atoms. The molecular weight excluding hydrogens is 258 g/mol. The Balaban J connectivity index is 2.56. The van der Waals surface area contributed by atoms with Gasteiger partial charge in [0, 0.05) is 4.88 Å². The second kappa shape index (κ2) is 5.24. The number of thiophene rings is 1. The largest absolute Gasteiger partial charge is 0.459 e. The third-order valence-corrected chi connectivity index (χ3v) is 3.43. The summed E-state index contributed by atoms with van der Waals surface area (Å²) in [6.45, 7) is 11.1. The Morgan fingerprint density at radius 1 is 1.47 bits per heavy atom. The van der Waals surface area contributed by atoms with Crippen molar-refractivity contribution in [3.8, 4) is 0 Å². The average molecular weight is 273 g/mol. The fourth-order valence-corrected chi connectivity index (χ4v) is 2.48. The van der Waals surface area contributed by atoms with Crippen LogP contribution >= 0.6 is 11.3 Å². The van der Waals surface area contributed by atoms with E-state index in [1.807, 2.05) is 13.0 Å². The molecule has 0 radical (unpaired) electrons. The molecule has 98 valence electrons. The summed E-state index contributed by atoms with van der Waals surface area (Å²) in [4.78, 5) is 10.6. The second-order valence-corrected chi connectivity index (χ2v) is 5.02. The Kier molecular flexibility index (Phi) is 3.66. The van der Waals surface area contributed by atoms with Crippen LogP contribution in [0.25, 0.3) is 22.1 Å². The molecule has 2 N–H and O–H groups in total. The maximum Gasteiger partial charge on any atom is 0.198 e. The number of fused-ring (bicyclic) bond motifs is 1. The fourth-order valence-electron chi connectivity index (χ4n) is 1.59. The molecule has 19 heavy (non-hydrogen) atoms. The molecule has 0 unspecified atom stereocenters. The van der Waals surface area contributed by atoms with E-state index in [1.165, 1.54) is 11.3 Å². The third-order valence-electron chi connectivity index (χ3n) is 2.41. The van der Waals surface area contributed by atoms with Crippen LogP contribution in [0.1, 0.15) is 24.5 Å². The van der Waals surface area contributed by atoms with Crippen molar-refractivity contribution in [1.82, 2.24) is 9.97 Å². The molecule has 2 aromatic rings. The van der Waals surface area contributed by atoms with Gasteiger partial charge in [0.15, 0.2) is 11.6 Å². The predicted octanol–water partition coefficient (Wildman–Crippen LogP) is 3.83. The van der Waals surface area contributed by atoms with E-state index in [4.69, 9.17) is 10.5 Å². The van der Waals surface area contributed by atoms with Crippen LogP contribution in [0.5, 0.6) is 0 Å². The number of nitrogens with two attached hydrogens (primary N) is 1. The molecule has 0 aromatic carbocycles. The molecular formula is C14H15N3OS. The van der Waals surface area contributed by atoms with Gasteiger partial charge in [-0.2, -0.15) is 0 Å². The topological polar surface area (TPSA) is 61.0 Å². The molecule has 0 fully saturated rings. The number of nitrogen functional groups attached to an aromatic ring is 1. The molecule has 0 amide bonds. The average Bonchev–Trinajstić information content (AvgIpc) is 2.79. The van der Waals surface area contributed by atoms with Crippen LogP contribution in [0.2, 0.25) is 0 Å². The van der Waals surface area contributed by atoms with Crippen molar-refractivity contribution < 1.29 is 4.74 Å². The molecule has 0 saturated heterocycles. The van der Waals surface area contributed by atoms with Crippen LogP contribution in [0.15, 0.2) is 31.1 Å². The normalized spacial score (nSPS) is 11.6. The highest BCUT2D eigenvalue weighted by molar-refractivity contribution is 7.19. The number of ether oxygens (including phenoxy) is 1. The smallest absolute Gasteiger partial charge is 0.198 e. The maximum absolute atomic E-state index is 5.96. The molecule has 2 rings (SSSR count). The van der Waals surface area contributed by atoms with Gasteiger partial charge in [-0.15, -0.1) is 11.3 Å². The Labute approximate surface area is 115 Å². The van der Waals surface area contributed by atoms with Gasteiger partial charge in [0.1, 0.15) is 10.6 Å². The van der Waals surface area contributed by atoms with Crippen LogP contribution in [0.3, 0.4) is 0 Å². The van der Waals surface area contributed by atoms with Gasteiger partial charge in [-0.3, -0.25) is 0 Å². The standard InChI is InChI=1S/C14H15N3OS/c1-5-9-7-10-12(15)16-13(17-14(10)19-9)11(6-2)18-8(3)4/h5-7H,1,3H2,2,4H3,(H2,15,16,17). The van der Waals surface area contributed by atoms with Gasteiger partial charge in [-0.1, -0.05) is 19.2 Å². The van der Waals surface area contributed by atoms with E-state index in [0.717, 1.165) is 15.1 Å². The summed E-state index contributed by atoms with van der Waals surface area (Å²) in [7, 11) is 0. The Hall–Kier alpha value is -2.14. The number of anilines is 1. The van der Waals surface area contributed by atoms with E-state index >= 15 is 0 Å². The van der Waals surface area contributed by atoms with E-state index in [0.29, 0.717) is 23.2 Å². The van der Waals surface area contributed by atoms with Crippen LogP contribution in [-0.4, -0.2) is 9.97 Å². The molecule has 4 nitrogen and oxygen atoms in total. The monoisotopic (exact) mass is 273 g/mol. The first kappa shape index (κ1) is 13.3. The lowest BCUT2D eigenvalue weighted by Crippen LogP contribution is -2.01. The van der Waals surface area contributed by atoms with Crippen molar-refractivity contribution in [3.05, 3.63) is 41.8 Å². The van der Waals surface area contributed by atoms with E-state index in [2.05, 4.69) is 23.1 Å². The predicted molar refractivity (Wildman–Crippen MR) is 81.5 cm³/mol. The number of rotatable bonds is 4. The van der Waals surface area contributed by atoms with Crippen molar-refractivity contribution >= 4 is 39.2 Å². The molecule has 2 heterocycles. The van der Waals surface area contributed by atoms with Crippen molar-refractivity contribution in [3.63, 3.8) is 0 Å². The van der Waals surface area contributed by atoms with Crippen molar-refractivity contribution in [2.24, 2.45) is 0 Å². The summed E-state index contributed by atoms with van der Waals surface area (Å²) in [5.41, 5.74) is 5.96. The van der Waals surface area contributed by atoms with Gasteiger partial charge < -0.3 is 10.5 Å². The minimum Gasteiger partial charge on any atom is -0.459 e. The van der Waals surface area contributed by atoms with Crippen LogP contribution < -0.4 is 5.73 Å². The van der Waals surface area contributed by atoms with Crippen LogP contribution in [-0.2, 0) is 4.74 Å². The third kappa shape index (κ3) is 2.66. The molecule has 0 bridgehead atoms. The lowest BCUT2D eigenvalue weighted by Gasteiger charge is -2.08. The minimum atomic E-state index is 0.439. The molecule has 0 aliphatic heterocycles. The second-order valence-electron chi connectivity index (χ2n) is 3.96. The Morgan fingerprint density at radius 2 is 2.21 bits per heavy atom. The molecule has 0 atom stereocenters. The first-order chi connectivity index (χ1) is 9.05. The number of allylic oxidation sites excluding steroid dienone is 2. The van der Waals surface area contributed by atoms with Crippen molar-refractivity contribution in [1.29, 1.82) is 0 Å². The van der Waals surface area contributed by atoms with Gasteiger partial charge in [-0.25, -0.2) is 9.97 Å². The summed E-state index contributed by atoms with van der Waals surface area (Å²) in [6, 6.07) is 1.93. The molecule has 0 aliphatic rings. The number of aromatic nitrogens is 2. The zero-order valence-electron chi connectivity index (χ0n) is 10.9. The first-order valence-electron chi connectivity index (χ1n) is 5.74. The molecule has 2 aromatic heterocycles. The van der Waals surface area contributed by atoms with Crippen molar-refractivity contribution in [2.45, 2.75) is 13.8 Å². The molecule has 5 heteroatoms. The number of hydrogen-bond acceptors (Lipinski definition) is 5. The van der Waals surface area contributed by atoms with Crippen molar-refractivity contribution in [2.75, 3.05) is 5.73 Å². The quantitative estimate of drug-likeness (QED) is 0.860. The summed E-state index contributed by atoms with van der Waals surface area (Å²) < 4.78 is 5.49. The molecule has 0 saturated carbocycles. The summed E-state index contributed by atoms with van der Waals surface area (Å²) in [5, 5.41) is 0.842. The first-order valence-corrected chi connectivity index (χ1v) is 6.56. The van der Waals surface area contributed by atoms with E-state index in [9.17, 15) is 0 Å². The Morgan fingerprint density at radius 3 is 2.79 bits per heavy atom. The van der Waals surface area contributed by atoms with E-state index < -0.39 is 0 Å². The minimum absolute atomic E-state index is 0.439. The highest BCUT2D eigenvalue weighted by Gasteiger charge is 2.12. The Bertz CT molecular complexity index is 685. The summed E-state index contributed by atoms with van der Waals surface area (Å²) in [6.07, 6.45) is 3.56. The van der Waals surface area contributed by atoms with E-state index in [1.54, 1.807) is 19.1 Å². The van der Waals surface area contributed by atoms with Gasteiger partial charge in [0.25, 0.3) is 0 Å². The fraction of sp³-hybridized carbons (Fsp3) is 0.143. The maximum atomic E-state index is 5.96. The lowest BCUT2D eigenvalue weighted by atomic mass is 10.3. The number of nitrogens with zero attached hydrogens (tertiary/aromatic N) is 2. The number of hydrogen-bond donors (Lipinski definition) is 1. The summed E-state index contributed by atoms with van der Waals surface area (Å²) in [5.74, 6) is 2.03. The van der Waals surface area contributed by atoms with Gasteiger partial charge in [0.05, 0.1) is 11.1 Å². The highest BCUT2D eigenvalue weighted by atomic mass is 32.1. The zero-order valence-corrected chi connectivity index (χ0v) is 11.8.